The van der Waals surface area contributed by atoms with E-state index in [4.69, 9.17) is 4.74 Å². The second kappa shape index (κ2) is 8.78. The van der Waals surface area contributed by atoms with Gasteiger partial charge in [0.1, 0.15) is 6.04 Å². The van der Waals surface area contributed by atoms with Crippen LogP contribution in [0.2, 0.25) is 0 Å². The first-order valence-corrected chi connectivity index (χ1v) is 11.0. The number of carbonyl (C=O) groups is 4. The maximum atomic E-state index is 13.5. The van der Waals surface area contributed by atoms with Gasteiger partial charge in [-0.05, 0) is 30.9 Å². The lowest BCUT2D eigenvalue weighted by atomic mass is 9.94. The number of rotatable bonds is 4. The summed E-state index contributed by atoms with van der Waals surface area (Å²) in [6.07, 6.45) is 1.46. The zero-order valence-corrected chi connectivity index (χ0v) is 18.1. The van der Waals surface area contributed by atoms with Gasteiger partial charge in [0.15, 0.2) is 0 Å². The van der Waals surface area contributed by atoms with E-state index in [2.05, 4.69) is 0 Å². The number of carbonyl (C=O) groups excluding carboxylic acids is 4. The van der Waals surface area contributed by atoms with Crippen LogP contribution >= 0.6 is 0 Å². The van der Waals surface area contributed by atoms with Crippen molar-refractivity contribution < 1.29 is 23.9 Å². The molecule has 0 saturated carbocycles. The van der Waals surface area contributed by atoms with E-state index in [1.807, 2.05) is 18.7 Å². The van der Waals surface area contributed by atoms with Gasteiger partial charge in [-0.15, -0.1) is 0 Å². The summed E-state index contributed by atoms with van der Waals surface area (Å²) in [6.45, 7) is 6.75. The lowest BCUT2D eigenvalue weighted by Gasteiger charge is -2.39. The third kappa shape index (κ3) is 3.96. The number of piperidine rings is 1. The minimum absolute atomic E-state index is 0.0580. The number of hydrogen-bond donors (Lipinski definition) is 0. The van der Waals surface area contributed by atoms with E-state index in [9.17, 15) is 19.2 Å². The van der Waals surface area contributed by atoms with Crippen LogP contribution in [0.3, 0.4) is 0 Å². The average Bonchev–Trinajstić information content (AvgIpc) is 3.04. The zero-order valence-electron chi connectivity index (χ0n) is 18.1. The molecular weight excluding hydrogens is 398 g/mol. The van der Waals surface area contributed by atoms with Gasteiger partial charge in [0.05, 0.1) is 30.3 Å². The van der Waals surface area contributed by atoms with Gasteiger partial charge in [-0.3, -0.25) is 24.1 Å². The molecule has 2 saturated heterocycles. The number of nitrogens with zero attached hydrogens (tertiary/aromatic N) is 3. The predicted molar refractivity (Wildman–Crippen MR) is 112 cm³/mol. The van der Waals surface area contributed by atoms with Crippen molar-refractivity contribution in [2.45, 2.75) is 32.7 Å². The lowest BCUT2D eigenvalue weighted by molar-refractivity contribution is -0.145. The molecule has 1 aromatic carbocycles. The first kappa shape index (κ1) is 21.5. The lowest BCUT2D eigenvalue weighted by Crippen LogP contribution is -2.56. The minimum Gasteiger partial charge on any atom is -0.378 e. The number of amides is 4. The van der Waals surface area contributed by atoms with Gasteiger partial charge in [-0.25, -0.2) is 0 Å². The Morgan fingerprint density at radius 2 is 1.58 bits per heavy atom. The number of ether oxygens (including phenoxy) is 1. The molecule has 0 spiro atoms. The molecule has 0 bridgehead atoms. The molecule has 1 aromatic rings. The number of fused-ring (bicyclic) bond motifs is 1. The van der Waals surface area contributed by atoms with Crippen LogP contribution in [0.25, 0.3) is 0 Å². The van der Waals surface area contributed by atoms with Crippen LogP contribution in [0, 0.1) is 11.8 Å². The topological polar surface area (TPSA) is 87.2 Å². The Balaban J connectivity index is 1.52. The Hall–Kier alpha value is -2.74. The van der Waals surface area contributed by atoms with Gasteiger partial charge in [-0.1, -0.05) is 26.0 Å². The van der Waals surface area contributed by atoms with Crippen LogP contribution in [0.5, 0.6) is 0 Å². The summed E-state index contributed by atoms with van der Waals surface area (Å²) in [5.74, 6) is -1.56. The molecule has 0 radical (unpaired) electrons. The SMILES string of the molecule is CC(C)C(C(=O)N1CCCC(C(=O)N2CCOCC2)C1)N1C(=O)c2ccccc2C1=O. The molecule has 0 aromatic heterocycles. The Kier molecular flexibility index (Phi) is 6.09. The van der Waals surface area contributed by atoms with Gasteiger partial charge in [0.2, 0.25) is 11.8 Å². The van der Waals surface area contributed by atoms with Crippen molar-refractivity contribution in [1.29, 1.82) is 0 Å². The normalized spacial score (nSPS) is 22.7. The van der Waals surface area contributed by atoms with Gasteiger partial charge >= 0.3 is 0 Å². The molecule has 3 aliphatic heterocycles. The summed E-state index contributed by atoms with van der Waals surface area (Å²) < 4.78 is 5.33. The van der Waals surface area contributed by atoms with Crippen molar-refractivity contribution in [3.63, 3.8) is 0 Å². The molecular formula is C23H29N3O5. The van der Waals surface area contributed by atoms with E-state index in [1.165, 1.54) is 0 Å². The van der Waals surface area contributed by atoms with Crippen molar-refractivity contribution >= 4 is 23.6 Å². The third-order valence-corrected chi connectivity index (χ3v) is 6.39. The van der Waals surface area contributed by atoms with Gasteiger partial charge < -0.3 is 14.5 Å². The highest BCUT2D eigenvalue weighted by Gasteiger charge is 2.46. The summed E-state index contributed by atoms with van der Waals surface area (Å²) in [7, 11) is 0. The first-order chi connectivity index (χ1) is 14.9. The number of imide groups is 1. The second-order valence-electron chi connectivity index (χ2n) is 8.78. The van der Waals surface area contributed by atoms with Gasteiger partial charge in [-0.2, -0.15) is 0 Å². The molecule has 4 amide bonds. The van der Waals surface area contributed by atoms with E-state index in [0.717, 1.165) is 17.7 Å². The highest BCUT2D eigenvalue weighted by Crippen LogP contribution is 2.29. The van der Waals surface area contributed by atoms with E-state index in [1.54, 1.807) is 29.2 Å². The third-order valence-electron chi connectivity index (χ3n) is 6.39. The number of benzene rings is 1. The monoisotopic (exact) mass is 427 g/mol. The Morgan fingerprint density at radius 1 is 0.968 bits per heavy atom. The smallest absolute Gasteiger partial charge is 0.262 e. The van der Waals surface area contributed by atoms with Crippen molar-refractivity contribution in [2.75, 3.05) is 39.4 Å². The fraction of sp³-hybridized carbons (Fsp3) is 0.565. The van der Waals surface area contributed by atoms with Gasteiger partial charge in [0, 0.05) is 26.2 Å². The summed E-state index contributed by atoms with van der Waals surface area (Å²) in [4.78, 5) is 57.1. The van der Waals surface area contributed by atoms with Crippen molar-refractivity contribution in [3.8, 4) is 0 Å². The van der Waals surface area contributed by atoms with Gasteiger partial charge in [0.25, 0.3) is 11.8 Å². The Labute approximate surface area is 182 Å². The van der Waals surface area contributed by atoms with Crippen LogP contribution in [-0.4, -0.2) is 83.8 Å². The predicted octanol–water partition coefficient (Wildman–Crippen LogP) is 1.40. The number of likely N-dealkylation sites (tertiary alicyclic amines) is 1. The van der Waals surface area contributed by atoms with E-state index < -0.39 is 17.9 Å². The van der Waals surface area contributed by atoms with E-state index in [0.29, 0.717) is 50.5 Å². The maximum Gasteiger partial charge on any atom is 0.262 e. The molecule has 3 aliphatic rings. The minimum atomic E-state index is -0.885. The summed E-state index contributed by atoms with van der Waals surface area (Å²) >= 11 is 0. The van der Waals surface area contributed by atoms with Crippen molar-refractivity contribution in [2.24, 2.45) is 11.8 Å². The standard InChI is InChI=1S/C23H29N3O5/c1-15(2)19(26-21(28)17-7-3-4-8-18(17)22(26)29)23(30)25-9-5-6-16(14-25)20(27)24-10-12-31-13-11-24/h3-4,7-8,15-16,19H,5-6,9-14H2,1-2H3. The fourth-order valence-electron chi connectivity index (χ4n) is 4.76. The van der Waals surface area contributed by atoms with Crippen molar-refractivity contribution in [3.05, 3.63) is 35.4 Å². The quantitative estimate of drug-likeness (QED) is 0.678. The average molecular weight is 428 g/mol. The van der Waals surface area contributed by atoms with Crippen LogP contribution in [-0.2, 0) is 14.3 Å². The molecule has 2 unspecified atom stereocenters. The molecule has 4 rings (SSSR count). The number of hydrogen-bond acceptors (Lipinski definition) is 5. The van der Waals surface area contributed by atoms with Crippen molar-refractivity contribution in [1.82, 2.24) is 14.7 Å². The summed E-state index contributed by atoms with van der Waals surface area (Å²) in [6, 6.07) is 5.79. The fourth-order valence-corrected chi connectivity index (χ4v) is 4.76. The molecule has 3 heterocycles. The number of morpholine rings is 1. The van der Waals surface area contributed by atoms with Crippen LogP contribution in [0.15, 0.2) is 24.3 Å². The van der Waals surface area contributed by atoms with Crippen LogP contribution in [0.1, 0.15) is 47.4 Å². The highest BCUT2D eigenvalue weighted by atomic mass is 16.5. The largest absolute Gasteiger partial charge is 0.378 e. The van der Waals surface area contributed by atoms with E-state index >= 15 is 0 Å². The molecule has 31 heavy (non-hydrogen) atoms. The Morgan fingerprint density at radius 3 is 2.16 bits per heavy atom. The molecule has 8 heteroatoms. The second-order valence-corrected chi connectivity index (χ2v) is 8.78. The van der Waals surface area contributed by atoms with Crippen LogP contribution in [0.4, 0.5) is 0 Å². The molecule has 0 N–H and O–H groups in total. The molecule has 166 valence electrons. The first-order valence-electron chi connectivity index (χ1n) is 11.0. The summed E-state index contributed by atoms with van der Waals surface area (Å²) in [5, 5.41) is 0. The molecule has 2 fully saturated rings. The maximum absolute atomic E-state index is 13.5. The molecule has 0 aliphatic carbocycles. The Bertz CT molecular complexity index is 858. The molecule has 8 nitrogen and oxygen atoms in total. The van der Waals surface area contributed by atoms with E-state index in [-0.39, 0.29) is 23.7 Å². The molecule has 2 atom stereocenters. The highest BCUT2D eigenvalue weighted by molar-refractivity contribution is 6.22. The van der Waals surface area contributed by atoms with Crippen LogP contribution < -0.4 is 0 Å². The summed E-state index contributed by atoms with van der Waals surface area (Å²) in [5.41, 5.74) is 0.676. The zero-order chi connectivity index (χ0) is 22.1.